The Bertz CT molecular complexity index is 628. The zero-order valence-corrected chi connectivity index (χ0v) is 13.2. The molecule has 1 aliphatic rings. The molecule has 2 nitrogen and oxygen atoms in total. The highest BCUT2D eigenvalue weighted by molar-refractivity contribution is 6.37. The fourth-order valence-corrected chi connectivity index (χ4v) is 3.28. The maximum absolute atomic E-state index is 14.4. The summed E-state index contributed by atoms with van der Waals surface area (Å²) >= 11 is 12.1. The monoisotopic (exact) mass is 337 g/mol. The fourth-order valence-electron chi connectivity index (χ4n) is 2.88. The van der Waals surface area contributed by atoms with E-state index in [0.29, 0.717) is 27.5 Å². The maximum Gasteiger partial charge on any atom is 0.149 e. The summed E-state index contributed by atoms with van der Waals surface area (Å²) in [6.07, 6.45) is 2.31. The minimum atomic E-state index is -0.376. The molecule has 3 rings (SSSR count). The van der Waals surface area contributed by atoms with Crippen LogP contribution in [0.15, 0.2) is 16.7 Å². The molecule has 1 N–H and O–H groups in total. The first-order valence-corrected chi connectivity index (χ1v) is 7.10. The van der Waals surface area contributed by atoms with E-state index in [1.807, 2.05) is 0 Å². The molecule has 0 radical (unpaired) electrons. The van der Waals surface area contributed by atoms with Gasteiger partial charge in [-0.2, -0.15) is 0 Å². The molecule has 0 saturated carbocycles. The van der Waals surface area contributed by atoms with Crippen molar-refractivity contribution in [2.45, 2.75) is 19.3 Å². The molecule has 6 heteroatoms. The largest absolute Gasteiger partial charge is 0.462 e. The van der Waals surface area contributed by atoms with E-state index in [9.17, 15) is 4.39 Å². The molecule has 0 spiro atoms. The number of rotatable bonds is 1. The van der Waals surface area contributed by atoms with Crippen LogP contribution in [0.4, 0.5) is 4.39 Å². The van der Waals surface area contributed by atoms with Crippen LogP contribution in [0.3, 0.4) is 0 Å². The van der Waals surface area contributed by atoms with Crippen molar-refractivity contribution in [1.82, 2.24) is 5.32 Å². The van der Waals surface area contributed by atoms with Crippen LogP contribution < -0.4 is 5.32 Å². The summed E-state index contributed by atoms with van der Waals surface area (Å²) in [5.74, 6) is 0.0531. The third-order valence-corrected chi connectivity index (χ3v) is 4.47. The third kappa shape index (κ3) is 2.52. The second-order valence-electron chi connectivity index (χ2n) is 5.12. The highest BCUT2D eigenvalue weighted by Crippen LogP contribution is 2.41. The summed E-state index contributed by atoms with van der Waals surface area (Å²) in [6, 6.07) is 1.54. The van der Waals surface area contributed by atoms with Crippen LogP contribution in [0.5, 0.6) is 0 Å². The highest BCUT2D eigenvalue weighted by atomic mass is 35.5. The molecule has 110 valence electrons. The van der Waals surface area contributed by atoms with Gasteiger partial charge in [0.1, 0.15) is 17.7 Å². The molecular formula is C14H15Cl3FNO. The van der Waals surface area contributed by atoms with E-state index in [-0.39, 0.29) is 29.2 Å². The fraction of sp³-hybridized carbons (Fsp3) is 0.429. The maximum atomic E-state index is 14.4. The van der Waals surface area contributed by atoms with Gasteiger partial charge in [0, 0.05) is 10.9 Å². The van der Waals surface area contributed by atoms with E-state index < -0.39 is 0 Å². The molecule has 1 aromatic carbocycles. The number of halogens is 4. The molecule has 1 aromatic heterocycles. The van der Waals surface area contributed by atoms with E-state index in [2.05, 4.69) is 12.2 Å². The van der Waals surface area contributed by atoms with Gasteiger partial charge in [-0.25, -0.2) is 4.39 Å². The lowest BCUT2D eigenvalue weighted by Crippen LogP contribution is -2.34. The van der Waals surface area contributed by atoms with Crippen molar-refractivity contribution in [3.05, 3.63) is 33.8 Å². The number of nitrogens with one attached hydrogen (secondary N) is 1. The summed E-state index contributed by atoms with van der Waals surface area (Å²) < 4.78 is 19.9. The smallest absolute Gasteiger partial charge is 0.149 e. The Balaban J connectivity index is 0.00000147. The van der Waals surface area contributed by atoms with E-state index >= 15 is 0 Å². The predicted octanol–water partition coefficient (Wildman–Crippen LogP) is 5.01. The molecule has 20 heavy (non-hydrogen) atoms. The number of benzene rings is 1. The molecule has 0 amide bonds. The van der Waals surface area contributed by atoms with E-state index in [1.54, 1.807) is 0 Å². The quantitative estimate of drug-likeness (QED) is 0.790. The van der Waals surface area contributed by atoms with Gasteiger partial charge in [-0.05, 0) is 37.4 Å². The number of fused-ring (bicyclic) bond motifs is 1. The normalized spacial score (nSPS) is 22.8. The van der Waals surface area contributed by atoms with Crippen molar-refractivity contribution in [3.63, 3.8) is 0 Å². The lowest BCUT2D eigenvalue weighted by atomic mass is 9.81. The van der Waals surface area contributed by atoms with Gasteiger partial charge in [0.25, 0.3) is 0 Å². The molecule has 2 atom stereocenters. The Labute approximate surface area is 133 Å². The molecular weight excluding hydrogens is 324 g/mol. The first-order chi connectivity index (χ1) is 9.09. The van der Waals surface area contributed by atoms with Crippen LogP contribution in [0, 0.1) is 11.7 Å². The SMILES string of the molecule is C[C@@H]1CNCC[C@@H]1c1c(F)c(Cl)cc2c(Cl)coc12.Cl. The zero-order chi connectivity index (χ0) is 13.6. The Kier molecular flexibility index (Phi) is 4.85. The third-order valence-electron chi connectivity index (χ3n) is 3.90. The molecule has 1 aliphatic heterocycles. The summed E-state index contributed by atoms with van der Waals surface area (Å²) in [5.41, 5.74) is 1.11. The molecule has 2 heterocycles. The zero-order valence-electron chi connectivity index (χ0n) is 10.9. The van der Waals surface area contributed by atoms with Crippen LogP contribution >= 0.6 is 35.6 Å². The van der Waals surface area contributed by atoms with E-state index in [0.717, 1.165) is 19.5 Å². The van der Waals surface area contributed by atoms with Gasteiger partial charge < -0.3 is 9.73 Å². The first-order valence-electron chi connectivity index (χ1n) is 6.35. The molecule has 0 unspecified atom stereocenters. The average Bonchev–Trinajstić information content (AvgIpc) is 2.74. The second kappa shape index (κ2) is 6.10. The Morgan fingerprint density at radius 2 is 2.10 bits per heavy atom. The van der Waals surface area contributed by atoms with Crippen molar-refractivity contribution < 1.29 is 8.81 Å². The summed E-state index contributed by atoms with van der Waals surface area (Å²) in [5, 5.41) is 4.58. The topological polar surface area (TPSA) is 25.2 Å². The van der Waals surface area contributed by atoms with Crippen LogP contribution in [0.1, 0.15) is 24.8 Å². The number of furan rings is 1. The van der Waals surface area contributed by atoms with E-state index in [1.165, 1.54) is 12.3 Å². The molecule has 0 bridgehead atoms. The molecule has 2 aromatic rings. The van der Waals surface area contributed by atoms with Crippen LogP contribution in [0.2, 0.25) is 10.0 Å². The predicted molar refractivity (Wildman–Crippen MR) is 82.8 cm³/mol. The van der Waals surface area contributed by atoms with Crippen molar-refractivity contribution in [2.75, 3.05) is 13.1 Å². The Hall–Kier alpha value is -0.480. The Morgan fingerprint density at radius 1 is 1.35 bits per heavy atom. The van der Waals surface area contributed by atoms with Gasteiger partial charge in [-0.15, -0.1) is 12.4 Å². The number of piperidine rings is 1. The standard InChI is InChI=1S/C14H14Cl2FNO.ClH/c1-7-5-18-3-2-8(7)12-13(17)10(15)4-9-11(16)6-19-14(9)12;/h4,6-8,18H,2-3,5H2,1H3;1H/t7-,8+;/m1./s1. The van der Waals surface area contributed by atoms with Gasteiger partial charge in [0.05, 0.1) is 10.0 Å². The first kappa shape index (κ1) is 15.9. The molecule has 1 fully saturated rings. The van der Waals surface area contributed by atoms with Gasteiger partial charge >= 0.3 is 0 Å². The van der Waals surface area contributed by atoms with Crippen molar-refractivity contribution in [2.24, 2.45) is 5.92 Å². The summed E-state index contributed by atoms with van der Waals surface area (Å²) in [7, 11) is 0. The molecule has 1 saturated heterocycles. The van der Waals surface area contributed by atoms with Crippen LogP contribution in [0.25, 0.3) is 11.0 Å². The van der Waals surface area contributed by atoms with Crippen molar-refractivity contribution in [3.8, 4) is 0 Å². The van der Waals surface area contributed by atoms with Crippen molar-refractivity contribution in [1.29, 1.82) is 0 Å². The number of hydrogen-bond donors (Lipinski definition) is 1. The van der Waals surface area contributed by atoms with Gasteiger partial charge in [-0.1, -0.05) is 30.1 Å². The van der Waals surface area contributed by atoms with Crippen molar-refractivity contribution >= 4 is 46.6 Å². The lowest BCUT2D eigenvalue weighted by Gasteiger charge is -2.30. The highest BCUT2D eigenvalue weighted by Gasteiger charge is 2.30. The van der Waals surface area contributed by atoms with E-state index in [4.69, 9.17) is 27.6 Å². The van der Waals surface area contributed by atoms with Gasteiger partial charge in [-0.3, -0.25) is 0 Å². The minimum Gasteiger partial charge on any atom is -0.462 e. The second-order valence-corrected chi connectivity index (χ2v) is 5.94. The minimum absolute atomic E-state index is 0. The van der Waals surface area contributed by atoms with Crippen LogP contribution in [-0.4, -0.2) is 13.1 Å². The Morgan fingerprint density at radius 3 is 2.80 bits per heavy atom. The van der Waals surface area contributed by atoms with Gasteiger partial charge in [0.15, 0.2) is 0 Å². The lowest BCUT2D eigenvalue weighted by molar-refractivity contribution is 0.341. The summed E-state index contributed by atoms with van der Waals surface area (Å²) in [6.45, 7) is 3.84. The van der Waals surface area contributed by atoms with Gasteiger partial charge in [0.2, 0.25) is 0 Å². The summed E-state index contributed by atoms with van der Waals surface area (Å²) in [4.78, 5) is 0. The van der Waals surface area contributed by atoms with Crippen LogP contribution in [-0.2, 0) is 0 Å². The number of hydrogen-bond acceptors (Lipinski definition) is 2. The molecule has 0 aliphatic carbocycles. The average molecular weight is 339 g/mol.